The number of thioether (sulfide) groups is 1. The Kier molecular flexibility index (Phi) is 3.34. The van der Waals surface area contributed by atoms with Crippen LogP contribution in [0.3, 0.4) is 0 Å². The zero-order valence-electron chi connectivity index (χ0n) is 10.9. The second kappa shape index (κ2) is 4.64. The van der Waals surface area contributed by atoms with Gasteiger partial charge < -0.3 is 4.57 Å². The molecule has 2 rings (SSSR count). The second-order valence-electron chi connectivity index (χ2n) is 4.13. The predicted molar refractivity (Wildman–Crippen MR) is 72.3 cm³/mol. The van der Waals surface area contributed by atoms with Gasteiger partial charge in [-0.2, -0.15) is 0 Å². The molecular formula is C11H16N4O2S. The maximum Gasteiger partial charge on any atom is 0.332 e. The van der Waals surface area contributed by atoms with Crippen molar-refractivity contribution in [3.05, 3.63) is 20.8 Å². The van der Waals surface area contributed by atoms with Crippen LogP contribution in [0.25, 0.3) is 11.2 Å². The molecule has 0 aliphatic heterocycles. The zero-order valence-corrected chi connectivity index (χ0v) is 11.7. The van der Waals surface area contributed by atoms with E-state index < -0.39 is 0 Å². The van der Waals surface area contributed by atoms with Crippen LogP contribution in [-0.4, -0.2) is 24.9 Å². The second-order valence-corrected chi connectivity index (χ2v) is 4.90. The molecule has 18 heavy (non-hydrogen) atoms. The van der Waals surface area contributed by atoms with Gasteiger partial charge in [-0.1, -0.05) is 18.7 Å². The molecule has 2 aromatic rings. The Balaban J connectivity index is 2.97. The SMILES string of the molecule is CCCn1c(=O)c2c(nc(SC)n2C)n(C)c1=O. The average molecular weight is 268 g/mol. The predicted octanol–water partition coefficient (Wildman–Crippen LogP) is 0.566. The normalized spacial score (nSPS) is 11.3. The minimum atomic E-state index is -0.305. The standard InChI is InChI=1S/C11H16N4O2S/c1-5-6-15-9(16)7-8(14(3)11(15)17)12-10(18-4)13(7)2/h5-6H2,1-4H3. The summed E-state index contributed by atoms with van der Waals surface area (Å²) in [6.07, 6.45) is 2.64. The van der Waals surface area contributed by atoms with Crippen LogP contribution in [0.4, 0.5) is 0 Å². The first kappa shape index (κ1) is 12.9. The summed E-state index contributed by atoms with van der Waals surface area (Å²) in [4.78, 5) is 28.7. The maximum atomic E-state index is 12.3. The first-order valence-corrected chi connectivity index (χ1v) is 6.95. The summed E-state index contributed by atoms with van der Waals surface area (Å²) in [5, 5.41) is 0.728. The number of imidazole rings is 1. The molecule has 0 amide bonds. The molecule has 0 radical (unpaired) electrons. The van der Waals surface area contributed by atoms with E-state index in [4.69, 9.17) is 0 Å². The van der Waals surface area contributed by atoms with Crippen molar-refractivity contribution >= 4 is 22.9 Å². The smallest absolute Gasteiger partial charge is 0.316 e. The summed E-state index contributed by atoms with van der Waals surface area (Å²) >= 11 is 1.45. The Morgan fingerprint density at radius 2 is 1.89 bits per heavy atom. The number of fused-ring (bicyclic) bond motifs is 1. The lowest BCUT2D eigenvalue weighted by molar-refractivity contribution is 0.591. The Hall–Kier alpha value is -1.50. The molecule has 0 bridgehead atoms. The van der Waals surface area contributed by atoms with E-state index in [0.29, 0.717) is 17.7 Å². The molecule has 2 aromatic heterocycles. The van der Waals surface area contributed by atoms with Gasteiger partial charge in [0, 0.05) is 20.6 Å². The monoisotopic (exact) mass is 268 g/mol. The molecule has 0 aliphatic carbocycles. The molecule has 2 heterocycles. The Morgan fingerprint density at radius 3 is 2.44 bits per heavy atom. The quantitative estimate of drug-likeness (QED) is 0.763. The Bertz CT molecular complexity index is 710. The summed E-state index contributed by atoms with van der Waals surface area (Å²) in [5.41, 5.74) is 0.365. The molecule has 0 atom stereocenters. The molecule has 0 fully saturated rings. The fourth-order valence-corrected chi connectivity index (χ4v) is 2.57. The highest BCUT2D eigenvalue weighted by atomic mass is 32.2. The largest absolute Gasteiger partial charge is 0.332 e. The molecule has 0 saturated carbocycles. The van der Waals surface area contributed by atoms with Crippen LogP contribution < -0.4 is 11.2 Å². The van der Waals surface area contributed by atoms with E-state index in [1.807, 2.05) is 13.2 Å². The minimum absolute atomic E-state index is 0.259. The number of hydrogen-bond acceptors (Lipinski definition) is 4. The molecule has 0 N–H and O–H groups in total. The lowest BCUT2D eigenvalue weighted by Gasteiger charge is -2.06. The van der Waals surface area contributed by atoms with Gasteiger partial charge in [-0.25, -0.2) is 9.78 Å². The highest BCUT2D eigenvalue weighted by Gasteiger charge is 2.17. The van der Waals surface area contributed by atoms with Gasteiger partial charge in [-0.05, 0) is 12.7 Å². The van der Waals surface area contributed by atoms with Gasteiger partial charge >= 0.3 is 5.69 Å². The van der Waals surface area contributed by atoms with Gasteiger partial charge in [0.15, 0.2) is 16.3 Å². The summed E-state index contributed by atoms with van der Waals surface area (Å²) in [5.74, 6) is 0. The van der Waals surface area contributed by atoms with Crippen molar-refractivity contribution in [3.63, 3.8) is 0 Å². The van der Waals surface area contributed by atoms with Crippen LogP contribution in [0.5, 0.6) is 0 Å². The molecule has 6 nitrogen and oxygen atoms in total. The van der Waals surface area contributed by atoms with E-state index in [0.717, 1.165) is 11.6 Å². The molecule has 0 saturated heterocycles. The van der Waals surface area contributed by atoms with Crippen LogP contribution in [0.2, 0.25) is 0 Å². The van der Waals surface area contributed by atoms with Gasteiger partial charge in [0.05, 0.1) is 0 Å². The molecule has 0 aliphatic rings. The van der Waals surface area contributed by atoms with Crippen LogP contribution in [0, 0.1) is 0 Å². The van der Waals surface area contributed by atoms with Gasteiger partial charge in [-0.15, -0.1) is 0 Å². The summed E-state index contributed by atoms with van der Waals surface area (Å²) < 4.78 is 4.45. The van der Waals surface area contributed by atoms with Gasteiger partial charge in [0.1, 0.15) is 0 Å². The minimum Gasteiger partial charge on any atom is -0.316 e. The number of aryl methyl sites for hydroxylation is 2. The first-order chi connectivity index (χ1) is 8.52. The fraction of sp³-hybridized carbons (Fsp3) is 0.545. The van der Waals surface area contributed by atoms with Crippen molar-refractivity contribution in [2.24, 2.45) is 14.1 Å². The zero-order chi connectivity index (χ0) is 13.4. The highest BCUT2D eigenvalue weighted by molar-refractivity contribution is 7.98. The van der Waals surface area contributed by atoms with Crippen molar-refractivity contribution < 1.29 is 0 Å². The van der Waals surface area contributed by atoms with Gasteiger partial charge in [0.2, 0.25) is 0 Å². The molecule has 98 valence electrons. The van der Waals surface area contributed by atoms with Gasteiger partial charge in [0.25, 0.3) is 5.56 Å². The van der Waals surface area contributed by atoms with E-state index in [2.05, 4.69) is 4.98 Å². The van der Waals surface area contributed by atoms with E-state index in [1.165, 1.54) is 20.9 Å². The van der Waals surface area contributed by atoms with Crippen LogP contribution in [0.15, 0.2) is 14.7 Å². The van der Waals surface area contributed by atoms with Crippen molar-refractivity contribution in [2.75, 3.05) is 6.26 Å². The number of nitrogens with zero attached hydrogens (tertiary/aromatic N) is 4. The van der Waals surface area contributed by atoms with Crippen molar-refractivity contribution in [2.45, 2.75) is 25.0 Å². The van der Waals surface area contributed by atoms with Crippen molar-refractivity contribution in [3.8, 4) is 0 Å². The number of hydrogen-bond donors (Lipinski definition) is 0. The topological polar surface area (TPSA) is 61.8 Å². The number of rotatable bonds is 3. The molecule has 7 heteroatoms. The van der Waals surface area contributed by atoms with E-state index >= 15 is 0 Å². The maximum absolute atomic E-state index is 12.3. The van der Waals surface area contributed by atoms with Gasteiger partial charge in [-0.3, -0.25) is 13.9 Å². The number of aromatic nitrogens is 4. The summed E-state index contributed by atoms with van der Waals surface area (Å²) in [7, 11) is 3.44. The van der Waals surface area contributed by atoms with Crippen LogP contribution in [-0.2, 0) is 20.6 Å². The Labute approximate surface area is 108 Å². The highest BCUT2D eigenvalue weighted by Crippen LogP contribution is 2.16. The third kappa shape index (κ3) is 1.69. The third-order valence-electron chi connectivity index (χ3n) is 2.95. The van der Waals surface area contributed by atoms with E-state index in [9.17, 15) is 9.59 Å². The lowest BCUT2D eigenvalue weighted by atomic mass is 10.4. The molecule has 0 unspecified atom stereocenters. The van der Waals surface area contributed by atoms with E-state index in [-0.39, 0.29) is 11.2 Å². The molecular weight excluding hydrogens is 252 g/mol. The first-order valence-electron chi connectivity index (χ1n) is 5.73. The van der Waals surface area contributed by atoms with Crippen LogP contribution >= 0.6 is 11.8 Å². The van der Waals surface area contributed by atoms with E-state index in [1.54, 1.807) is 18.7 Å². The molecule has 0 spiro atoms. The fourth-order valence-electron chi connectivity index (χ4n) is 2.03. The summed E-state index contributed by atoms with van der Waals surface area (Å²) in [6, 6.07) is 0. The lowest BCUT2D eigenvalue weighted by Crippen LogP contribution is -2.39. The average Bonchev–Trinajstić information content (AvgIpc) is 2.69. The van der Waals surface area contributed by atoms with Crippen molar-refractivity contribution in [1.29, 1.82) is 0 Å². The van der Waals surface area contributed by atoms with Crippen LogP contribution in [0.1, 0.15) is 13.3 Å². The third-order valence-corrected chi connectivity index (χ3v) is 3.68. The molecule has 0 aromatic carbocycles. The van der Waals surface area contributed by atoms with Crippen molar-refractivity contribution in [1.82, 2.24) is 18.7 Å². The summed E-state index contributed by atoms with van der Waals surface area (Å²) in [6.45, 7) is 2.37. The Morgan fingerprint density at radius 1 is 1.22 bits per heavy atom.